The van der Waals surface area contributed by atoms with Crippen LogP contribution in [-0.4, -0.2) is 31.8 Å². The van der Waals surface area contributed by atoms with Crippen molar-refractivity contribution in [3.63, 3.8) is 0 Å². The zero-order valence-corrected chi connectivity index (χ0v) is 7.78. The van der Waals surface area contributed by atoms with Crippen LogP contribution in [0.5, 0.6) is 0 Å². The quantitative estimate of drug-likeness (QED) is 0.408. The molecule has 0 fully saturated rings. The Bertz CT molecular complexity index is 153. The Kier molecular flexibility index (Phi) is 3.40. The highest BCUT2D eigenvalue weighted by molar-refractivity contribution is 9.10. The van der Waals surface area contributed by atoms with E-state index in [1.54, 1.807) is 0 Å². The lowest BCUT2D eigenvalue weighted by Crippen LogP contribution is -2.46. The fourth-order valence-corrected chi connectivity index (χ4v) is 1.36. The molecule has 66 valence electrons. The third-order valence-electron chi connectivity index (χ3n) is 1.22. The second kappa shape index (κ2) is 3.46. The topological polar surface area (TPSA) is 83.6 Å². The van der Waals surface area contributed by atoms with Crippen LogP contribution in [0.15, 0.2) is 0 Å². The summed E-state index contributed by atoms with van der Waals surface area (Å²) in [5.74, 6) is 0. The highest BCUT2D eigenvalue weighted by Crippen LogP contribution is 2.22. The molecule has 0 amide bonds. The molecule has 0 spiro atoms. The van der Waals surface area contributed by atoms with Gasteiger partial charge in [-0.25, -0.2) is 0 Å². The van der Waals surface area contributed by atoms with Gasteiger partial charge in [-0.15, -0.1) is 0 Å². The molecule has 0 aromatic rings. The molecule has 0 aliphatic heterocycles. The van der Waals surface area contributed by atoms with Crippen LogP contribution in [-0.2, 0) is 0 Å². The van der Waals surface area contributed by atoms with E-state index in [0.717, 1.165) is 0 Å². The minimum Gasteiger partial charge on any atom is -0.386 e. The van der Waals surface area contributed by atoms with Crippen molar-refractivity contribution in [1.82, 2.24) is 0 Å². The van der Waals surface area contributed by atoms with Crippen LogP contribution in [0, 0.1) is 10.1 Å². The van der Waals surface area contributed by atoms with E-state index in [9.17, 15) is 10.1 Å². The predicted molar refractivity (Wildman–Crippen MR) is 42.0 cm³/mol. The van der Waals surface area contributed by atoms with E-state index in [4.69, 9.17) is 10.2 Å². The number of alkyl halides is 1. The second-order valence-electron chi connectivity index (χ2n) is 2.49. The van der Waals surface area contributed by atoms with Gasteiger partial charge in [-0.05, 0) is 29.8 Å². The van der Waals surface area contributed by atoms with E-state index in [1.165, 1.54) is 13.8 Å². The van der Waals surface area contributed by atoms with Gasteiger partial charge in [0.25, 0.3) is 6.04 Å². The van der Waals surface area contributed by atoms with E-state index in [0.29, 0.717) is 0 Å². The van der Waals surface area contributed by atoms with Gasteiger partial charge in [0.05, 0.1) is 0 Å². The first kappa shape index (κ1) is 10.8. The summed E-state index contributed by atoms with van der Waals surface area (Å²) in [5, 5.41) is 28.3. The van der Waals surface area contributed by atoms with E-state index in [1.807, 2.05) is 0 Å². The Balaban J connectivity index is 4.49. The summed E-state index contributed by atoms with van der Waals surface area (Å²) in [6.07, 6.45) is -1.20. The number of hydrogen-bond donors (Lipinski definition) is 2. The fraction of sp³-hybridized carbons (Fsp3) is 1.00. The number of aliphatic hydroxyl groups is 2. The van der Waals surface area contributed by atoms with Crippen molar-refractivity contribution in [3.05, 3.63) is 10.1 Å². The molecule has 0 bridgehead atoms. The summed E-state index contributed by atoms with van der Waals surface area (Å²) < 4.78 is -1.68. The Morgan fingerprint density at radius 3 is 2.09 bits per heavy atom. The summed E-state index contributed by atoms with van der Waals surface area (Å²) in [7, 11) is 0. The standard InChI is InChI=1S/C5H10BrNO4/c1-3(8)4(7(10)11)5(2,6)9/h3-4,8-9H,1-2H3. The number of halogens is 1. The van der Waals surface area contributed by atoms with Crippen LogP contribution in [0.2, 0.25) is 0 Å². The fourth-order valence-electron chi connectivity index (χ4n) is 0.809. The van der Waals surface area contributed by atoms with Gasteiger partial charge in [0.15, 0.2) is 4.51 Å². The van der Waals surface area contributed by atoms with Crippen molar-refractivity contribution < 1.29 is 15.1 Å². The van der Waals surface area contributed by atoms with E-state index in [-0.39, 0.29) is 0 Å². The van der Waals surface area contributed by atoms with Gasteiger partial charge in [-0.1, -0.05) is 0 Å². The molecule has 6 heteroatoms. The summed E-state index contributed by atoms with van der Waals surface area (Å²) in [6.45, 7) is 2.47. The minimum absolute atomic E-state index is 0.723. The number of hydrogen-bond acceptors (Lipinski definition) is 4. The highest BCUT2D eigenvalue weighted by atomic mass is 79.9. The molecule has 0 radical (unpaired) electrons. The van der Waals surface area contributed by atoms with Crippen LogP contribution >= 0.6 is 15.9 Å². The maximum Gasteiger partial charge on any atom is 0.275 e. The average Bonchev–Trinajstić information content (AvgIpc) is 1.54. The second-order valence-corrected chi connectivity index (χ2v) is 4.10. The molecule has 0 aliphatic rings. The molecular weight excluding hydrogens is 218 g/mol. The number of aliphatic hydroxyl groups excluding tert-OH is 1. The first-order valence-electron chi connectivity index (χ1n) is 2.99. The van der Waals surface area contributed by atoms with Crippen molar-refractivity contribution in [2.45, 2.75) is 30.5 Å². The van der Waals surface area contributed by atoms with Crippen LogP contribution in [0.1, 0.15) is 13.8 Å². The zero-order chi connectivity index (χ0) is 9.23. The summed E-state index contributed by atoms with van der Waals surface area (Å²) >= 11 is 2.70. The van der Waals surface area contributed by atoms with Gasteiger partial charge in [0, 0.05) is 4.92 Å². The van der Waals surface area contributed by atoms with Gasteiger partial charge in [0.1, 0.15) is 6.10 Å². The third kappa shape index (κ3) is 3.13. The molecule has 0 aliphatic carbocycles. The monoisotopic (exact) mass is 227 g/mol. The molecule has 0 saturated heterocycles. The highest BCUT2D eigenvalue weighted by Gasteiger charge is 2.42. The number of rotatable bonds is 3. The first-order valence-corrected chi connectivity index (χ1v) is 3.79. The summed E-state index contributed by atoms with van der Waals surface area (Å²) in [4.78, 5) is 9.52. The van der Waals surface area contributed by atoms with Crippen LogP contribution in [0.25, 0.3) is 0 Å². The Hall–Kier alpha value is -0.200. The van der Waals surface area contributed by atoms with E-state index < -0.39 is 21.6 Å². The molecule has 11 heavy (non-hydrogen) atoms. The predicted octanol–water partition coefficient (Wildman–Crippen LogP) is 0.116. The summed E-state index contributed by atoms with van der Waals surface area (Å²) in [5.41, 5.74) is 0. The smallest absolute Gasteiger partial charge is 0.275 e. The normalized spacial score (nSPS) is 21.9. The molecule has 2 N–H and O–H groups in total. The number of nitrogens with zero attached hydrogens (tertiary/aromatic N) is 1. The lowest BCUT2D eigenvalue weighted by molar-refractivity contribution is -0.547. The van der Waals surface area contributed by atoms with Gasteiger partial charge in [0.2, 0.25) is 0 Å². The molecule has 0 saturated carbocycles. The first-order chi connectivity index (χ1) is 4.76. The largest absolute Gasteiger partial charge is 0.386 e. The van der Waals surface area contributed by atoms with E-state index in [2.05, 4.69) is 15.9 Å². The van der Waals surface area contributed by atoms with Crippen LogP contribution in [0.4, 0.5) is 0 Å². The van der Waals surface area contributed by atoms with Crippen molar-refractivity contribution in [3.8, 4) is 0 Å². The molecule has 0 aromatic carbocycles. The van der Waals surface area contributed by atoms with Crippen molar-refractivity contribution in [2.75, 3.05) is 0 Å². The SMILES string of the molecule is CC(O)C([N+](=O)[O-])C(C)(O)Br. The van der Waals surface area contributed by atoms with Crippen molar-refractivity contribution in [1.29, 1.82) is 0 Å². The lowest BCUT2D eigenvalue weighted by atomic mass is 10.1. The lowest BCUT2D eigenvalue weighted by Gasteiger charge is -2.21. The van der Waals surface area contributed by atoms with Gasteiger partial charge in [-0.3, -0.25) is 10.1 Å². The van der Waals surface area contributed by atoms with Crippen LogP contribution < -0.4 is 0 Å². The molecule has 3 unspecified atom stereocenters. The van der Waals surface area contributed by atoms with Gasteiger partial charge in [-0.2, -0.15) is 0 Å². The molecule has 0 aromatic heterocycles. The molecular formula is C5H10BrNO4. The Morgan fingerprint density at radius 1 is 1.73 bits per heavy atom. The van der Waals surface area contributed by atoms with Gasteiger partial charge < -0.3 is 10.2 Å². The van der Waals surface area contributed by atoms with Crippen molar-refractivity contribution in [2.24, 2.45) is 0 Å². The zero-order valence-electron chi connectivity index (χ0n) is 6.19. The van der Waals surface area contributed by atoms with Crippen LogP contribution in [0.3, 0.4) is 0 Å². The molecule has 0 heterocycles. The van der Waals surface area contributed by atoms with E-state index >= 15 is 0 Å². The van der Waals surface area contributed by atoms with Crippen molar-refractivity contribution >= 4 is 15.9 Å². The maximum atomic E-state index is 10.2. The molecule has 5 nitrogen and oxygen atoms in total. The maximum absolute atomic E-state index is 10.2. The average molecular weight is 228 g/mol. The molecule has 0 rings (SSSR count). The Morgan fingerprint density at radius 2 is 2.09 bits per heavy atom. The minimum atomic E-state index is -1.68. The Labute approximate surface area is 72.3 Å². The summed E-state index contributed by atoms with van der Waals surface area (Å²) in [6, 6.07) is -1.41. The van der Waals surface area contributed by atoms with Gasteiger partial charge >= 0.3 is 0 Å². The number of nitro groups is 1. The molecule has 3 atom stereocenters. The third-order valence-corrected chi connectivity index (χ3v) is 1.69.